The van der Waals surface area contributed by atoms with Gasteiger partial charge in [0.1, 0.15) is 5.82 Å². The molecule has 1 aliphatic rings. The molecule has 3 aromatic heterocycles. The van der Waals surface area contributed by atoms with Crippen LogP contribution >= 0.6 is 0 Å². The number of aryl methyl sites for hydroxylation is 2. The van der Waals surface area contributed by atoms with E-state index in [4.69, 9.17) is 0 Å². The van der Waals surface area contributed by atoms with Gasteiger partial charge in [-0.05, 0) is 50.2 Å². The highest BCUT2D eigenvalue weighted by Crippen LogP contribution is 2.35. The van der Waals surface area contributed by atoms with Crippen molar-refractivity contribution < 1.29 is 8.78 Å². The zero-order valence-electron chi connectivity index (χ0n) is 17.7. The third kappa shape index (κ3) is 3.31. The van der Waals surface area contributed by atoms with Crippen LogP contribution < -0.4 is 5.56 Å². The number of piperidine rings is 1. The predicted octanol–water partition coefficient (Wildman–Crippen LogP) is 3.88. The fourth-order valence-corrected chi connectivity index (χ4v) is 4.34. The van der Waals surface area contributed by atoms with Crippen LogP contribution in [0.25, 0.3) is 27.7 Å². The van der Waals surface area contributed by atoms with Crippen molar-refractivity contribution in [1.82, 2.24) is 24.3 Å². The van der Waals surface area contributed by atoms with Crippen LogP contribution in [0.15, 0.2) is 35.4 Å². The van der Waals surface area contributed by atoms with Crippen molar-refractivity contribution in [2.75, 3.05) is 20.1 Å². The monoisotopic (exact) mass is 423 g/mol. The number of alkyl halides is 1. The number of aromatic amines is 1. The fraction of sp³-hybridized carbons (Fsp3) is 0.348. The lowest BCUT2D eigenvalue weighted by molar-refractivity contribution is 0.0591. The van der Waals surface area contributed by atoms with Crippen molar-refractivity contribution in [3.63, 3.8) is 0 Å². The number of nitrogens with zero attached hydrogens (tertiary/aromatic N) is 4. The van der Waals surface area contributed by atoms with Gasteiger partial charge >= 0.3 is 0 Å². The highest BCUT2D eigenvalue weighted by Gasteiger charge is 2.38. The number of hydrogen-bond donors (Lipinski definition) is 1. The molecule has 1 saturated heterocycles. The summed E-state index contributed by atoms with van der Waals surface area (Å²) < 4.78 is 31.7. The Kier molecular flexibility index (Phi) is 4.44. The third-order valence-corrected chi connectivity index (χ3v) is 6.16. The number of likely N-dealkylation sites (tertiary alicyclic amines) is 1. The second-order valence-corrected chi connectivity index (χ2v) is 8.56. The largest absolute Gasteiger partial charge is 0.307 e. The summed E-state index contributed by atoms with van der Waals surface area (Å²) in [6.07, 6.45) is 4.11. The number of aromatic nitrogens is 4. The van der Waals surface area contributed by atoms with Crippen LogP contribution in [0.4, 0.5) is 8.78 Å². The molecule has 160 valence electrons. The van der Waals surface area contributed by atoms with Gasteiger partial charge in [0, 0.05) is 43.9 Å². The molecule has 8 heteroatoms. The number of fused-ring (bicyclic) bond motifs is 2. The standard InChI is InChI=1S/C23H23F2N5O/c1-13-8-15(16-10-18(24)20-26-14(2)11-30(20)12-16)9-17-19(13)27-22(28-21(17)31)23(25)4-6-29(3)7-5-23/h8-12H,4-7H2,1-3H3,(H,27,28,31). The number of pyridine rings is 1. The van der Waals surface area contributed by atoms with Gasteiger partial charge in [-0.1, -0.05) is 0 Å². The molecule has 0 bridgehead atoms. The predicted molar refractivity (Wildman–Crippen MR) is 115 cm³/mol. The van der Waals surface area contributed by atoms with Crippen molar-refractivity contribution in [2.24, 2.45) is 0 Å². The first kappa shape index (κ1) is 19.8. The highest BCUT2D eigenvalue weighted by molar-refractivity contribution is 5.86. The molecule has 6 nitrogen and oxygen atoms in total. The van der Waals surface area contributed by atoms with Gasteiger partial charge in [-0.3, -0.25) is 4.79 Å². The molecule has 0 spiro atoms. The molecule has 1 N–H and O–H groups in total. The average molecular weight is 423 g/mol. The zero-order valence-corrected chi connectivity index (χ0v) is 17.7. The molecule has 0 aliphatic carbocycles. The Morgan fingerprint density at radius 2 is 1.81 bits per heavy atom. The Balaban J connectivity index is 1.64. The van der Waals surface area contributed by atoms with Gasteiger partial charge in [0.05, 0.1) is 16.6 Å². The minimum absolute atomic E-state index is 0.0929. The maximum absolute atomic E-state index is 15.5. The second-order valence-electron chi connectivity index (χ2n) is 8.56. The van der Waals surface area contributed by atoms with E-state index in [0.717, 1.165) is 5.56 Å². The Morgan fingerprint density at radius 3 is 2.55 bits per heavy atom. The van der Waals surface area contributed by atoms with Crippen molar-refractivity contribution in [2.45, 2.75) is 32.4 Å². The van der Waals surface area contributed by atoms with E-state index in [9.17, 15) is 9.18 Å². The minimum atomic E-state index is -1.64. The molecule has 31 heavy (non-hydrogen) atoms. The molecule has 0 atom stereocenters. The molecule has 1 aromatic carbocycles. The molecule has 0 unspecified atom stereocenters. The molecule has 0 radical (unpaired) electrons. The van der Waals surface area contributed by atoms with Gasteiger partial charge in [0.2, 0.25) is 0 Å². The quantitative estimate of drug-likeness (QED) is 0.531. The molecule has 0 amide bonds. The summed E-state index contributed by atoms with van der Waals surface area (Å²) in [5.74, 6) is -0.345. The summed E-state index contributed by atoms with van der Waals surface area (Å²) in [4.78, 5) is 26.3. The summed E-state index contributed by atoms with van der Waals surface area (Å²) in [5, 5.41) is 0.359. The number of rotatable bonds is 2. The van der Waals surface area contributed by atoms with Crippen LogP contribution in [0.1, 0.15) is 29.9 Å². The number of halogens is 2. The highest BCUT2D eigenvalue weighted by atomic mass is 19.1. The SMILES string of the molecule is Cc1cn2cc(-c3cc(C)c4nc(C5(F)CCN(C)CC5)[nH]c(=O)c4c3)cc(F)c2n1. The van der Waals surface area contributed by atoms with Crippen molar-refractivity contribution in [1.29, 1.82) is 0 Å². The lowest BCUT2D eigenvalue weighted by atomic mass is 9.92. The van der Waals surface area contributed by atoms with E-state index >= 15 is 4.39 Å². The zero-order chi connectivity index (χ0) is 21.9. The van der Waals surface area contributed by atoms with E-state index in [2.05, 4.69) is 19.9 Å². The third-order valence-electron chi connectivity index (χ3n) is 6.16. The van der Waals surface area contributed by atoms with E-state index in [1.165, 1.54) is 6.07 Å². The van der Waals surface area contributed by atoms with Crippen LogP contribution in [0.5, 0.6) is 0 Å². The van der Waals surface area contributed by atoms with Crippen LogP contribution in [-0.2, 0) is 5.67 Å². The summed E-state index contributed by atoms with van der Waals surface area (Å²) in [7, 11) is 1.95. The molecule has 1 fully saturated rings. The Morgan fingerprint density at radius 1 is 1.06 bits per heavy atom. The first-order valence-corrected chi connectivity index (χ1v) is 10.3. The van der Waals surface area contributed by atoms with Gasteiger partial charge in [0.25, 0.3) is 5.56 Å². The molecule has 4 heterocycles. The topological polar surface area (TPSA) is 66.3 Å². The summed E-state index contributed by atoms with van der Waals surface area (Å²) in [5.41, 5.74) is 1.46. The van der Waals surface area contributed by atoms with Crippen molar-refractivity contribution >= 4 is 16.6 Å². The average Bonchev–Trinajstić information content (AvgIpc) is 3.11. The van der Waals surface area contributed by atoms with Gasteiger partial charge in [-0.2, -0.15) is 0 Å². The summed E-state index contributed by atoms with van der Waals surface area (Å²) in [6, 6.07) is 4.94. The van der Waals surface area contributed by atoms with E-state index in [-0.39, 0.29) is 17.0 Å². The van der Waals surface area contributed by atoms with Crippen LogP contribution in [0.2, 0.25) is 0 Å². The number of benzene rings is 1. The summed E-state index contributed by atoms with van der Waals surface area (Å²) in [6.45, 7) is 4.85. The Labute approximate surface area is 177 Å². The molecule has 5 rings (SSSR count). The number of imidazole rings is 1. The van der Waals surface area contributed by atoms with E-state index in [1.54, 1.807) is 29.8 Å². The lowest BCUT2D eigenvalue weighted by Crippen LogP contribution is -2.40. The molecule has 4 aromatic rings. The lowest BCUT2D eigenvalue weighted by Gasteiger charge is -2.33. The van der Waals surface area contributed by atoms with Crippen LogP contribution in [0.3, 0.4) is 0 Å². The van der Waals surface area contributed by atoms with E-state index < -0.39 is 11.5 Å². The van der Waals surface area contributed by atoms with Gasteiger partial charge < -0.3 is 14.3 Å². The van der Waals surface area contributed by atoms with E-state index in [0.29, 0.717) is 53.7 Å². The Hall–Kier alpha value is -3.13. The number of hydrogen-bond acceptors (Lipinski definition) is 4. The molecular weight excluding hydrogens is 400 g/mol. The number of nitrogens with one attached hydrogen (secondary N) is 1. The fourth-order valence-electron chi connectivity index (χ4n) is 4.34. The van der Waals surface area contributed by atoms with Crippen molar-refractivity contribution in [3.05, 3.63) is 63.8 Å². The first-order chi connectivity index (χ1) is 14.7. The molecule has 1 aliphatic heterocycles. The number of H-pyrrole nitrogens is 1. The molecule has 0 saturated carbocycles. The Bertz CT molecular complexity index is 1380. The summed E-state index contributed by atoms with van der Waals surface area (Å²) >= 11 is 0. The maximum Gasteiger partial charge on any atom is 0.258 e. The van der Waals surface area contributed by atoms with Gasteiger partial charge in [-0.15, -0.1) is 0 Å². The van der Waals surface area contributed by atoms with Gasteiger partial charge in [0.15, 0.2) is 17.1 Å². The smallest absolute Gasteiger partial charge is 0.258 e. The van der Waals surface area contributed by atoms with Crippen molar-refractivity contribution in [3.8, 4) is 11.1 Å². The van der Waals surface area contributed by atoms with E-state index in [1.807, 2.05) is 20.0 Å². The molecular formula is C23H23F2N5O. The first-order valence-electron chi connectivity index (χ1n) is 10.3. The van der Waals surface area contributed by atoms with Crippen LogP contribution in [0, 0.1) is 19.7 Å². The van der Waals surface area contributed by atoms with Gasteiger partial charge in [-0.25, -0.2) is 18.7 Å². The minimum Gasteiger partial charge on any atom is -0.307 e. The second kappa shape index (κ2) is 6.95. The maximum atomic E-state index is 15.5. The van der Waals surface area contributed by atoms with Crippen LogP contribution in [-0.4, -0.2) is 44.4 Å². The normalized spacial score (nSPS) is 16.9.